The monoisotopic (exact) mass is 292 g/mol. The van der Waals surface area contributed by atoms with Crippen LogP contribution in [-0.4, -0.2) is 36.5 Å². The van der Waals surface area contributed by atoms with Gasteiger partial charge in [-0.1, -0.05) is 0 Å². The Morgan fingerprint density at radius 1 is 1.24 bits per heavy atom. The van der Waals surface area contributed by atoms with E-state index in [9.17, 15) is 0 Å². The van der Waals surface area contributed by atoms with Gasteiger partial charge in [-0.05, 0) is 53.1 Å². The van der Waals surface area contributed by atoms with E-state index in [1.54, 1.807) is 6.20 Å². The largest absolute Gasteiger partial charge is 0.496 e. The fourth-order valence-electron chi connectivity index (χ4n) is 2.10. The van der Waals surface area contributed by atoms with Crippen molar-refractivity contribution in [2.24, 2.45) is 5.73 Å². The van der Waals surface area contributed by atoms with E-state index in [1.807, 2.05) is 40.7 Å². The van der Waals surface area contributed by atoms with Crippen molar-refractivity contribution >= 4 is 12.6 Å². The van der Waals surface area contributed by atoms with Gasteiger partial charge in [0.15, 0.2) is 0 Å². The Bertz CT molecular complexity index is 490. The lowest BCUT2D eigenvalue weighted by molar-refractivity contribution is 0.00578. The number of aryl methyl sites for hydroxylation is 1. The van der Waals surface area contributed by atoms with E-state index in [-0.39, 0.29) is 18.3 Å². The number of hydrogen-bond acceptors (Lipinski definition) is 5. The molecule has 0 saturated carbocycles. The molecule has 21 heavy (non-hydrogen) atoms. The second-order valence-corrected chi connectivity index (χ2v) is 6.46. The van der Waals surface area contributed by atoms with E-state index in [2.05, 4.69) is 4.98 Å². The molecular weight excluding hydrogens is 267 g/mol. The highest BCUT2D eigenvalue weighted by Crippen LogP contribution is 2.36. The minimum atomic E-state index is -0.388. The summed E-state index contributed by atoms with van der Waals surface area (Å²) < 4.78 is 17.7. The predicted molar refractivity (Wildman–Crippen MR) is 83.9 cm³/mol. The summed E-state index contributed by atoms with van der Waals surface area (Å²) in [4.78, 5) is 4.33. The van der Waals surface area contributed by atoms with Gasteiger partial charge in [-0.3, -0.25) is 0 Å². The van der Waals surface area contributed by atoms with E-state index in [1.165, 1.54) is 0 Å². The maximum Gasteiger partial charge on any atom is 0.496 e. The van der Waals surface area contributed by atoms with Gasteiger partial charge in [0.05, 0.1) is 17.8 Å². The summed E-state index contributed by atoms with van der Waals surface area (Å²) in [6.45, 7) is 11.4. The number of nitrogens with two attached hydrogens (primary N) is 1. The quantitative estimate of drug-likeness (QED) is 0.656. The molecule has 1 fully saturated rings. The zero-order valence-corrected chi connectivity index (χ0v) is 13.6. The van der Waals surface area contributed by atoms with Gasteiger partial charge < -0.3 is 19.8 Å². The highest BCUT2D eigenvalue weighted by molar-refractivity contribution is 6.62. The van der Waals surface area contributed by atoms with Gasteiger partial charge in [0.2, 0.25) is 5.88 Å². The molecule has 0 spiro atoms. The smallest absolute Gasteiger partial charge is 0.478 e. The van der Waals surface area contributed by atoms with E-state index in [0.29, 0.717) is 19.0 Å². The van der Waals surface area contributed by atoms with Gasteiger partial charge >= 0.3 is 7.12 Å². The maximum atomic E-state index is 6.05. The summed E-state index contributed by atoms with van der Waals surface area (Å²) in [5.74, 6) is 0.612. The minimum absolute atomic E-state index is 0.347. The van der Waals surface area contributed by atoms with Crippen LogP contribution < -0.4 is 15.9 Å². The molecular formula is C15H25BN2O3. The topological polar surface area (TPSA) is 66.6 Å². The molecule has 0 unspecified atom stereocenters. The van der Waals surface area contributed by atoms with Gasteiger partial charge in [0.25, 0.3) is 0 Å². The average molecular weight is 292 g/mol. The third-order valence-corrected chi connectivity index (χ3v) is 4.23. The Balaban J connectivity index is 2.12. The molecule has 1 saturated heterocycles. The van der Waals surface area contributed by atoms with E-state index >= 15 is 0 Å². The number of rotatable bonds is 5. The zero-order valence-electron chi connectivity index (χ0n) is 13.6. The van der Waals surface area contributed by atoms with Gasteiger partial charge in [-0.2, -0.15) is 0 Å². The Labute approximate surface area is 127 Å². The van der Waals surface area contributed by atoms with Crippen molar-refractivity contribution in [3.05, 3.63) is 17.8 Å². The molecule has 6 heteroatoms. The first-order valence-electron chi connectivity index (χ1n) is 7.42. The van der Waals surface area contributed by atoms with Crippen LogP contribution in [0, 0.1) is 6.92 Å². The molecule has 116 valence electrons. The number of aromatic nitrogens is 1. The second kappa shape index (κ2) is 5.95. The molecule has 0 radical (unpaired) electrons. The van der Waals surface area contributed by atoms with E-state index in [0.717, 1.165) is 17.4 Å². The first kappa shape index (κ1) is 16.3. The highest BCUT2D eigenvalue weighted by Gasteiger charge is 2.52. The molecule has 0 bridgehead atoms. The van der Waals surface area contributed by atoms with Crippen LogP contribution in [0.5, 0.6) is 5.88 Å². The molecule has 1 aliphatic rings. The summed E-state index contributed by atoms with van der Waals surface area (Å²) >= 11 is 0. The molecule has 1 aliphatic heterocycles. The van der Waals surface area contributed by atoms with Crippen LogP contribution >= 0.6 is 0 Å². The van der Waals surface area contributed by atoms with Crippen LogP contribution in [0.3, 0.4) is 0 Å². The maximum absolute atomic E-state index is 6.05. The summed E-state index contributed by atoms with van der Waals surface area (Å²) in [6.07, 6.45) is 2.59. The minimum Gasteiger partial charge on any atom is -0.478 e. The number of nitrogens with zero attached hydrogens (tertiary/aromatic N) is 1. The second-order valence-electron chi connectivity index (χ2n) is 6.46. The molecule has 0 atom stereocenters. The summed E-state index contributed by atoms with van der Waals surface area (Å²) in [5, 5.41) is 0. The van der Waals surface area contributed by atoms with Gasteiger partial charge in [-0.15, -0.1) is 0 Å². The normalized spacial score (nSPS) is 19.8. The van der Waals surface area contributed by atoms with E-state index < -0.39 is 0 Å². The molecule has 1 aromatic rings. The Kier molecular flexibility index (Phi) is 4.61. The van der Waals surface area contributed by atoms with E-state index in [4.69, 9.17) is 19.8 Å². The summed E-state index contributed by atoms with van der Waals surface area (Å²) in [6, 6.07) is 1.91. The lowest BCUT2D eigenvalue weighted by Crippen LogP contribution is -2.41. The number of pyridine rings is 1. The van der Waals surface area contributed by atoms with Crippen molar-refractivity contribution in [3.8, 4) is 5.88 Å². The van der Waals surface area contributed by atoms with Crippen LogP contribution in [-0.2, 0) is 9.31 Å². The highest BCUT2D eigenvalue weighted by atomic mass is 16.7. The fourth-order valence-corrected chi connectivity index (χ4v) is 2.10. The van der Waals surface area contributed by atoms with Crippen molar-refractivity contribution in [1.29, 1.82) is 0 Å². The van der Waals surface area contributed by atoms with Crippen LogP contribution in [0.1, 0.15) is 39.7 Å². The molecule has 5 nitrogen and oxygen atoms in total. The molecule has 0 aliphatic carbocycles. The summed E-state index contributed by atoms with van der Waals surface area (Å²) in [7, 11) is -0.388. The Morgan fingerprint density at radius 2 is 1.86 bits per heavy atom. The first-order chi connectivity index (χ1) is 9.77. The average Bonchev–Trinajstić information content (AvgIpc) is 2.58. The van der Waals surface area contributed by atoms with Crippen molar-refractivity contribution in [2.45, 2.75) is 52.2 Å². The number of ether oxygens (including phenoxy) is 1. The molecule has 1 aromatic heterocycles. The SMILES string of the molecule is Cc1cc(OCCCN)ncc1B1OC(C)(C)C(C)(C)O1. The fraction of sp³-hybridized carbons (Fsp3) is 0.667. The van der Waals surface area contributed by atoms with Crippen molar-refractivity contribution in [2.75, 3.05) is 13.2 Å². The van der Waals surface area contributed by atoms with Gasteiger partial charge in [-0.25, -0.2) is 4.98 Å². The van der Waals surface area contributed by atoms with Crippen LogP contribution in [0.15, 0.2) is 12.3 Å². The predicted octanol–water partition coefficient (Wildman–Crippen LogP) is 1.42. The molecule has 2 N–H and O–H groups in total. The first-order valence-corrected chi connectivity index (χ1v) is 7.42. The van der Waals surface area contributed by atoms with Crippen molar-refractivity contribution in [3.63, 3.8) is 0 Å². The Hall–Kier alpha value is -1.11. The molecule has 0 aromatic carbocycles. The molecule has 2 heterocycles. The lowest BCUT2D eigenvalue weighted by atomic mass is 9.77. The van der Waals surface area contributed by atoms with Crippen molar-refractivity contribution < 1.29 is 14.0 Å². The van der Waals surface area contributed by atoms with Crippen LogP contribution in [0.4, 0.5) is 0 Å². The zero-order chi connectivity index (χ0) is 15.7. The molecule has 0 amide bonds. The van der Waals surface area contributed by atoms with Gasteiger partial charge in [0, 0.05) is 17.7 Å². The molecule has 2 rings (SSSR count). The number of hydrogen-bond donors (Lipinski definition) is 1. The van der Waals surface area contributed by atoms with Gasteiger partial charge in [0.1, 0.15) is 0 Å². The standard InChI is InChI=1S/C15H25BN2O3/c1-11-9-13(19-8-6-7-17)18-10-12(11)16-20-14(2,3)15(4,5)21-16/h9-10H,6-8,17H2,1-5H3. The third-order valence-electron chi connectivity index (χ3n) is 4.23. The van der Waals surface area contributed by atoms with Crippen molar-refractivity contribution in [1.82, 2.24) is 4.98 Å². The van der Waals surface area contributed by atoms with Crippen LogP contribution in [0.25, 0.3) is 0 Å². The lowest BCUT2D eigenvalue weighted by Gasteiger charge is -2.32. The summed E-state index contributed by atoms with van der Waals surface area (Å²) in [5.41, 5.74) is 6.74. The Morgan fingerprint density at radius 3 is 2.38 bits per heavy atom. The van der Waals surface area contributed by atoms with Crippen LogP contribution in [0.2, 0.25) is 0 Å². The third kappa shape index (κ3) is 3.39.